The van der Waals surface area contributed by atoms with Crippen molar-refractivity contribution in [2.75, 3.05) is 6.44 Å². The highest BCUT2D eigenvalue weighted by atomic mass is 35.5. The number of nitrogens with one attached hydrogen (secondary N) is 2. The van der Waals surface area contributed by atoms with Crippen LogP contribution in [0.15, 0.2) is 48.5 Å². The Kier molecular flexibility index (Phi) is 10.3. The van der Waals surface area contributed by atoms with Gasteiger partial charge in [0, 0.05) is 11.9 Å². The van der Waals surface area contributed by atoms with E-state index >= 15 is 0 Å². The zero-order chi connectivity index (χ0) is 21.1. The summed E-state index contributed by atoms with van der Waals surface area (Å²) in [5, 5.41) is 22.9. The Bertz CT molecular complexity index is 769. The van der Waals surface area contributed by atoms with Gasteiger partial charge >= 0.3 is 7.12 Å². The lowest BCUT2D eigenvalue weighted by Crippen LogP contribution is -2.37. The molecular weight excluding hydrogens is 378 g/mol. The fourth-order valence-electron chi connectivity index (χ4n) is 2.49. The Balaban J connectivity index is 0.000000406. The fraction of sp³-hybridized carbons (Fsp3) is 0.300. The van der Waals surface area contributed by atoms with E-state index in [1.807, 2.05) is 0 Å². The second-order valence-corrected chi connectivity index (χ2v) is 6.89. The third-order valence-electron chi connectivity index (χ3n) is 3.67. The van der Waals surface area contributed by atoms with Crippen molar-refractivity contribution in [3.05, 3.63) is 70.2 Å². The van der Waals surface area contributed by atoms with Gasteiger partial charge in [-0.3, -0.25) is 9.59 Å². The average molecular weight is 405 g/mol. The van der Waals surface area contributed by atoms with E-state index < -0.39 is 19.1 Å². The molecule has 0 heterocycles. The van der Waals surface area contributed by atoms with Crippen LogP contribution in [0, 0.1) is 13.8 Å². The fourth-order valence-corrected chi connectivity index (χ4v) is 2.69. The number of amides is 2. The quantitative estimate of drug-likeness (QED) is 0.555. The van der Waals surface area contributed by atoms with Crippen LogP contribution < -0.4 is 10.6 Å². The van der Waals surface area contributed by atoms with Gasteiger partial charge in [-0.25, -0.2) is 0 Å². The molecule has 8 heteroatoms. The third-order valence-corrected chi connectivity index (χ3v) is 3.91. The zero-order valence-electron chi connectivity index (χ0n) is 16.3. The Hall–Kier alpha value is -2.35. The molecule has 0 aliphatic rings. The molecule has 2 rings (SSSR count). The first-order chi connectivity index (χ1) is 13.2. The minimum Gasteiger partial charge on any atom is -0.426 e. The van der Waals surface area contributed by atoms with Crippen molar-refractivity contribution in [3.8, 4) is 0 Å². The normalized spacial score (nSPS) is 10.9. The minimum atomic E-state index is -1.61. The smallest absolute Gasteiger partial charge is 0.426 e. The first-order valence-electron chi connectivity index (χ1n) is 8.86. The van der Waals surface area contributed by atoms with E-state index in [0.29, 0.717) is 10.6 Å². The van der Waals surface area contributed by atoms with E-state index in [9.17, 15) is 9.59 Å². The van der Waals surface area contributed by atoms with Crippen molar-refractivity contribution in [2.45, 2.75) is 33.2 Å². The predicted octanol–water partition coefficient (Wildman–Crippen LogP) is 2.34. The summed E-state index contributed by atoms with van der Waals surface area (Å²) in [7, 11) is -1.61. The highest BCUT2D eigenvalue weighted by Crippen LogP contribution is 2.20. The van der Waals surface area contributed by atoms with E-state index in [0.717, 1.165) is 0 Å². The number of halogens is 1. The second-order valence-electron chi connectivity index (χ2n) is 6.46. The molecule has 0 aliphatic carbocycles. The van der Waals surface area contributed by atoms with Gasteiger partial charge in [0.25, 0.3) is 0 Å². The summed E-state index contributed by atoms with van der Waals surface area (Å²) in [6.07, 6.45) is -0.284. The van der Waals surface area contributed by atoms with Crippen LogP contribution in [0.3, 0.4) is 0 Å². The minimum absolute atomic E-state index is 0.0212. The zero-order valence-corrected chi connectivity index (χ0v) is 17.0. The maximum absolute atomic E-state index is 11.7. The molecular formula is C20H26BClN2O4. The van der Waals surface area contributed by atoms with Gasteiger partial charge in [-0.05, 0) is 31.5 Å². The molecule has 28 heavy (non-hydrogen) atoms. The van der Waals surface area contributed by atoms with Gasteiger partial charge in [-0.15, -0.1) is 0 Å². The molecule has 1 unspecified atom stereocenters. The first kappa shape index (κ1) is 23.7. The van der Waals surface area contributed by atoms with Crippen molar-refractivity contribution >= 4 is 30.5 Å². The van der Waals surface area contributed by atoms with Crippen LogP contribution in [0.2, 0.25) is 5.02 Å². The molecule has 6 nitrogen and oxygen atoms in total. The van der Waals surface area contributed by atoms with Crippen molar-refractivity contribution in [1.29, 1.82) is 0 Å². The monoisotopic (exact) mass is 404 g/mol. The van der Waals surface area contributed by atoms with Gasteiger partial charge in [0.05, 0.1) is 18.9 Å². The summed E-state index contributed by atoms with van der Waals surface area (Å²) in [5.74, 6) is -0.679. The average Bonchev–Trinajstić information content (AvgIpc) is 2.59. The van der Waals surface area contributed by atoms with Crippen molar-refractivity contribution in [2.24, 2.45) is 0 Å². The highest BCUT2D eigenvalue weighted by molar-refractivity contribution is 6.41. The molecule has 0 saturated heterocycles. The summed E-state index contributed by atoms with van der Waals surface area (Å²) < 4.78 is 0. The maximum atomic E-state index is 11.7. The van der Waals surface area contributed by atoms with Gasteiger partial charge in [0.1, 0.15) is 0 Å². The third kappa shape index (κ3) is 10.1. The Labute approximate surface area is 171 Å². The van der Waals surface area contributed by atoms with E-state index in [1.54, 1.807) is 24.3 Å². The van der Waals surface area contributed by atoms with E-state index in [-0.39, 0.29) is 18.8 Å². The molecule has 2 amide bonds. The molecule has 0 aliphatic heterocycles. The molecule has 0 fully saturated rings. The van der Waals surface area contributed by atoms with Crippen LogP contribution in [-0.2, 0) is 9.59 Å². The lowest BCUT2D eigenvalue weighted by Gasteiger charge is -2.18. The first-order valence-corrected chi connectivity index (χ1v) is 9.24. The molecule has 2 aromatic rings. The number of carbonyl (C=O) groups excluding carboxylic acids is 2. The molecule has 150 valence electrons. The predicted molar refractivity (Wildman–Crippen MR) is 112 cm³/mol. The van der Waals surface area contributed by atoms with Crippen LogP contribution in [0.5, 0.6) is 0 Å². The van der Waals surface area contributed by atoms with Gasteiger partial charge < -0.3 is 20.7 Å². The van der Waals surface area contributed by atoms with E-state index in [2.05, 4.69) is 48.7 Å². The van der Waals surface area contributed by atoms with Crippen LogP contribution in [-0.4, -0.2) is 35.4 Å². The standard InChI is InChI=1S/C12H16BClN2O4.C8H10/c1-8(17)16-11(6-12(18)15-7-13(19)20)9-3-2-4-10(14)5-9;1-7-4-3-5-8(2)6-7/h2-5,11,19-20H,6-7H2,1H3,(H,15,18)(H,16,17);3-6H,1-2H3. The molecule has 0 bridgehead atoms. The molecule has 2 aromatic carbocycles. The molecule has 0 saturated carbocycles. The van der Waals surface area contributed by atoms with E-state index in [1.165, 1.54) is 18.1 Å². The van der Waals surface area contributed by atoms with Gasteiger partial charge in [0.15, 0.2) is 0 Å². The maximum Gasteiger partial charge on any atom is 0.472 e. The Morgan fingerprint density at radius 1 is 1.07 bits per heavy atom. The summed E-state index contributed by atoms with van der Waals surface area (Å²) in [5.41, 5.74) is 3.38. The summed E-state index contributed by atoms with van der Waals surface area (Å²) in [4.78, 5) is 22.9. The number of rotatable bonds is 6. The summed E-state index contributed by atoms with van der Waals surface area (Å²) in [6.45, 7) is 5.56. The van der Waals surface area contributed by atoms with Crippen molar-refractivity contribution in [1.82, 2.24) is 10.6 Å². The number of hydrogen-bond donors (Lipinski definition) is 4. The summed E-state index contributed by atoms with van der Waals surface area (Å²) in [6, 6.07) is 14.8. The van der Waals surface area contributed by atoms with Crippen LogP contribution in [0.4, 0.5) is 0 Å². The molecule has 0 radical (unpaired) electrons. The SMILES string of the molecule is CC(=O)NC(CC(=O)NCB(O)O)c1cccc(Cl)c1.Cc1cccc(C)c1. The largest absolute Gasteiger partial charge is 0.472 e. The van der Waals surface area contributed by atoms with Gasteiger partial charge in [-0.1, -0.05) is 59.1 Å². The molecule has 0 spiro atoms. The lowest BCUT2D eigenvalue weighted by atomic mass is 9.92. The van der Waals surface area contributed by atoms with Crippen LogP contribution in [0.25, 0.3) is 0 Å². The highest BCUT2D eigenvalue weighted by Gasteiger charge is 2.18. The number of benzene rings is 2. The summed E-state index contributed by atoms with van der Waals surface area (Å²) >= 11 is 5.89. The van der Waals surface area contributed by atoms with Crippen LogP contribution in [0.1, 0.15) is 36.1 Å². The lowest BCUT2D eigenvalue weighted by molar-refractivity contribution is -0.122. The molecule has 1 atom stereocenters. The van der Waals surface area contributed by atoms with Crippen molar-refractivity contribution < 1.29 is 19.6 Å². The van der Waals surface area contributed by atoms with Crippen LogP contribution >= 0.6 is 11.6 Å². The van der Waals surface area contributed by atoms with E-state index in [4.69, 9.17) is 21.6 Å². The number of carbonyl (C=O) groups is 2. The van der Waals surface area contributed by atoms with Crippen molar-refractivity contribution in [3.63, 3.8) is 0 Å². The van der Waals surface area contributed by atoms with Gasteiger partial charge in [-0.2, -0.15) is 0 Å². The Morgan fingerprint density at radius 3 is 2.14 bits per heavy atom. The number of aryl methyl sites for hydroxylation is 2. The molecule has 4 N–H and O–H groups in total. The number of hydrogen-bond acceptors (Lipinski definition) is 4. The van der Waals surface area contributed by atoms with Gasteiger partial charge in [0.2, 0.25) is 11.8 Å². The Morgan fingerprint density at radius 2 is 1.68 bits per heavy atom. The topological polar surface area (TPSA) is 98.7 Å². The second kappa shape index (κ2) is 12.2. The molecule has 0 aromatic heterocycles.